The molecule has 0 atom stereocenters. The van der Waals surface area contributed by atoms with E-state index in [-0.39, 0.29) is 18.4 Å². The lowest BCUT2D eigenvalue weighted by Crippen LogP contribution is -2.46. The van der Waals surface area contributed by atoms with Crippen LogP contribution < -0.4 is 5.32 Å². The lowest BCUT2D eigenvalue weighted by atomic mass is 9.94. The lowest BCUT2D eigenvalue weighted by Gasteiger charge is -2.33. The third-order valence-electron chi connectivity index (χ3n) is 4.03. The molecule has 2 amide bonds. The first-order chi connectivity index (χ1) is 10.6. The summed E-state index contributed by atoms with van der Waals surface area (Å²) in [7, 11) is 0. The molecule has 1 N–H and O–H groups in total. The van der Waals surface area contributed by atoms with E-state index in [1.54, 1.807) is 12.1 Å². The van der Waals surface area contributed by atoms with E-state index < -0.39 is 0 Å². The fraction of sp³-hybridized carbons (Fsp3) is 0.529. The summed E-state index contributed by atoms with van der Waals surface area (Å²) in [6.07, 6.45) is 7.46. The van der Waals surface area contributed by atoms with Crippen molar-refractivity contribution < 1.29 is 9.59 Å². The van der Waals surface area contributed by atoms with Crippen molar-refractivity contribution in [3.05, 3.63) is 34.5 Å². The van der Waals surface area contributed by atoms with Gasteiger partial charge in [0.2, 0.25) is 5.91 Å². The maximum atomic E-state index is 12.4. The Morgan fingerprint density at radius 2 is 2.09 bits per heavy atom. The van der Waals surface area contributed by atoms with Gasteiger partial charge in [-0.15, -0.1) is 17.9 Å². The van der Waals surface area contributed by atoms with Crippen LogP contribution in [-0.2, 0) is 4.79 Å². The first-order valence-electron chi connectivity index (χ1n) is 7.87. The summed E-state index contributed by atoms with van der Waals surface area (Å²) in [4.78, 5) is 28.1. The molecule has 0 bridgehead atoms. The van der Waals surface area contributed by atoms with Gasteiger partial charge in [0.15, 0.2) is 0 Å². The number of nitrogens with one attached hydrogen (secondary N) is 1. The SMILES string of the molecule is C=CCN(C(=O)CNC(=O)c1ccc(C)s1)C1CCCCC1. The minimum atomic E-state index is -0.173. The number of amides is 2. The Bertz CT molecular complexity index is 533. The molecule has 1 aliphatic rings. The lowest BCUT2D eigenvalue weighted by molar-refractivity contribution is -0.132. The van der Waals surface area contributed by atoms with Crippen LogP contribution in [0, 0.1) is 6.92 Å². The van der Waals surface area contributed by atoms with Crippen molar-refractivity contribution >= 4 is 23.2 Å². The Morgan fingerprint density at radius 3 is 2.68 bits per heavy atom. The second kappa shape index (κ2) is 8.13. The van der Waals surface area contributed by atoms with Crippen LogP contribution in [0.4, 0.5) is 0 Å². The summed E-state index contributed by atoms with van der Waals surface area (Å²) >= 11 is 1.44. The predicted octanol–water partition coefficient (Wildman–Crippen LogP) is 3.13. The molecule has 5 heteroatoms. The van der Waals surface area contributed by atoms with Crippen molar-refractivity contribution in [2.45, 2.75) is 45.1 Å². The average molecular weight is 320 g/mol. The quantitative estimate of drug-likeness (QED) is 0.819. The number of hydrogen-bond donors (Lipinski definition) is 1. The van der Waals surface area contributed by atoms with Gasteiger partial charge in [0, 0.05) is 17.5 Å². The molecule has 1 saturated carbocycles. The van der Waals surface area contributed by atoms with Crippen LogP contribution in [0.25, 0.3) is 0 Å². The van der Waals surface area contributed by atoms with Crippen LogP contribution in [0.15, 0.2) is 24.8 Å². The third kappa shape index (κ3) is 4.44. The fourth-order valence-corrected chi connectivity index (χ4v) is 3.67. The maximum absolute atomic E-state index is 12.4. The second-order valence-corrected chi connectivity index (χ2v) is 7.01. The van der Waals surface area contributed by atoms with E-state index in [2.05, 4.69) is 11.9 Å². The van der Waals surface area contributed by atoms with E-state index in [9.17, 15) is 9.59 Å². The zero-order valence-electron chi connectivity index (χ0n) is 13.1. The summed E-state index contributed by atoms with van der Waals surface area (Å²) < 4.78 is 0. The summed E-state index contributed by atoms with van der Waals surface area (Å²) in [6.45, 7) is 6.31. The minimum Gasteiger partial charge on any atom is -0.342 e. The van der Waals surface area contributed by atoms with Crippen LogP contribution in [0.3, 0.4) is 0 Å². The highest BCUT2D eigenvalue weighted by atomic mass is 32.1. The van der Waals surface area contributed by atoms with Gasteiger partial charge >= 0.3 is 0 Å². The highest BCUT2D eigenvalue weighted by molar-refractivity contribution is 7.13. The smallest absolute Gasteiger partial charge is 0.261 e. The molecule has 120 valence electrons. The zero-order valence-corrected chi connectivity index (χ0v) is 14.0. The maximum Gasteiger partial charge on any atom is 0.261 e. The van der Waals surface area contributed by atoms with E-state index in [1.165, 1.54) is 30.6 Å². The molecule has 0 radical (unpaired) electrons. The first-order valence-corrected chi connectivity index (χ1v) is 8.68. The Morgan fingerprint density at radius 1 is 1.36 bits per heavy atom. The molecule has 22 heavy (non-hydrogen) atoms. The number of nitrogens with zero attached hydrogens (tertiary/aromatic N) is 1. The monoisotopic (exact) mass is 320 g/mol. The Kier molecular flexibility index (Phi) is 6.19. The molecule has 1 fully saturated rings. The predicted molar refractivity (Wildman–Crippen MR) is 90.2 cm³/mol. The number of aryl methyl sites for hydroxylation is 1. The van der Waals surface area contributed by atoms with Crippen molar-refractivity contribution in [1.29, 1.82) is 0 Å². The van der Waals surface area contributed by atoms with Gasteiger partial charge in [-0.05, 0) is 31.9 Å². The molecule has 0 spiro atoms. The third-order valence-corrected chi connectivity index (χ3v) is 5.03. The van der Waals surface area contributed by atoms with Crippen LogP contribution in [0.2, 0.25) is 0 Å². The fourth-order valence-electron chi connectivity index (χ4n) is 2.89. The molecule has 4 nitrogen and oxygen atoms in total. The van der Waals surface area contributed by atoms with Crippen LogP contribution >= 0.6 is 11.3 Å². The Labute approximate surface area is 136 Å². The van der Waals surface area contributed by atoms with Crippen LogP contribution in [-0.4, -0.2) is 35.8 Å². The highest BCUT2D eigenvalue weighted by Gasteiger charge is 2.24. The van der Waals surface area contributed by atoms with Crippen molar-refractivity contribution in [3.8, 4) is 0 Å². The number of carbonyl (C=O) groups excluding carboxylic acids is 2. The van der Waals surface area contributed by atoms with Gasteiger partial charge in [-0.2, -0.15) is 0 Å². The van der Waals surface area contributed by atoms with Gasteiger partial charge in [-0.25, -0.2) is 0 Å². The van der Waals surface area contributed by atoms with E-state index in [1.807, 2.05) is 17.9 Å². The van der Waals surface area contributed by atoms with Gasteiger partial charge in [0.25, 0.3) is 5.91 Å². The van der Waals surface area contributed by atoms with Gasteiger partial charge < -0.3 is 10.2 Å². The average Bonchev–Trinajstić information content (AvgIpc) is 2.97. The molecular formula is C17H24N2O2S. The van der Waals surface area contributed by atoms with E-state index >= 15 is 0 Å². The number of carbonyl (C=O) groups is 2. The summed E-state index contributed by atoms with van der Waals surface area (Å²) in [5.74, 6) is -0.193. The summed E-state index contributed by atoms with van der Waals surface area (Å²) in [5, 5.41) is 2.74. The molecule has 1 aromatic heterocycles. The van der Waals surface area contributed by atoms with E-state index in [0.717, 1.165) is 17.7 Å². The summed E-state index contributed by atoms with van der Waals surface area (Å²) in [5.41, 5.74) is 0. The molecule has 1 aliphatic carbocycles. The number of hydrogen-bond acceptors (Lipinski definition) is 3. The summed E-state index contributed by atoms with van der Waals surface area (Å²) in [6, 6.07) is 4.00. The zero-order chi connectivity index (χ0) is 15.9. The molecule has 0 aromatic carbocycles. The standard InChI is InChI=1S/C17H24N2O2S/c1-3-11-19(14-7-5-4-6-8-14)16(20)12-18-17(21)15-10-9-13(2)22-15/h3,9-10,14H,1,4-8,11-12H2,2H3,(H,18,21). The second-order valence-electron chi connectivity index (χ2n) is 5.72. The topological polar surface area (TPSA) is 49.4 Å². The first kappa shape index (κ1) is 16.7. The minimum absolute atomic E-state index is 0.0200. The highest BCUT2D eigenvalue weighted by Crippen LogP contribution is 2.22. The Balaban J connectivity index is 1.90. The van der Waals surface area contributed by atoms with Crippen molar-refractivity contribution in [3.63, 3.8) is 0 Å². The normalized spacial score (nSPS) is 15.3. The van der Waals surface area contributed by atoms with Crippen LogP contribution in [0.1, 0.15) is 46.7 Å². The van der Waals surface area contributed by atoms with Gasteiger partial charge in [-0.1, -0.05) is 25.3 Å². The van der Waals surface area contributed by atoms with Gasteiger partial charge in [-0.3, -0.25) is 9.59 Å². The van der Waals surface area contributed by atoms with Crippen molar-refractivity contribution in [2.75, 3.05) is 13.1 Å². The Hall–Kier alpha value is -1.62. The molecule has 1 aromatic rings. The molecule has 0 unspecified atom stereocenters. The molecule has 2 rings (SSSR count). The molecule has 1 heterocycles. The molecule has 0 aliphatic heterocycles. The van der Waals surface area contributed by atoms with Gasteiger partial charge in [0.1, 0.15) is 0 Å². The van der Waals surface area contributed by atoms with Crippen LogP contribution in [0.5, 0.6) is 0 Å². The number of rotatable bonds is 6. The molecular weight excluding hydrogens is 296 g/mol. The number of thiophene rings is 1. The van der Waals surface area contributed by atoms with Crippen molar-refractivity contribution in [2.24, 2.45) is 0 Å². The van der Waals surface area contributed by atoms with E-state index in [0.29, 0.717) is 17.5 Å². The largest absolute Gasteiger partial charge is 0.342 e. The molecule has 0 saturated heterocycles. The van der Waals surface area contributed by atoms with Gasteiger partial charge in [0.05, 0.1) is 11.4 Å². The van der Waals surface area contributed by atoms with E-state index in [4.69, 9.17) is 0 Å². The van der Waals surface area contributed by atoms with Crippen molar-refractivity contribution in [1.82, 2.24) is 10.2 Å².